The van der Waals surface area contributed by atoms with Gasteiger partial charge in [0.1, 0.15) is 23.0 Å². The first kappa shape index (κ1) is 31.0. The van der Waals surface area contributed by atoms with Crippen molar-refractivity contribution in [1.82, 2.24) is 10.3 Å². The number of nitrogens with one attached hydrogen (secondary N) is 1. The van der Waals surface area contributed by atoms with Crippen molar-refractivity contribution in [1.29, 1.82) is 0 Å². The summed E-state index contributed by atoms with van der Waals surface area (Å²) >= 11 is 0. The Labute approximate surface area is 244 Å². The molecule has 1 amide bonds. The maximum atomic E-state index is 13.5. The van der Waals surface area contributed by atoms with Crippen LogP contribution in [0.2, 0.25) is 0 Å². The molecule has 1 saturated heterocycles. The Morgan fingerprint density at radius 2 is 1.95 bits per heavy atom. The van der Waals surface area contributed by atoms with Crippen molar-refractivity contribution < 1.29 is 28.4 Å². The molecule has 3 unspecified atom stereocenters. The van der Waals surface area contributed by atoms with Gasteiger partial charge in [0.2, 0.25) is 5.91 Å². The average molecular weight is 566 g/mol. The number of nitrogens with zero attached hydrogens (tertiary/aromatic N) is 1. The number of fused-ring (bicyclic) bond motifs is 1. The molecule has 2 heterocycles. The largest absolute Gasteiger partial charge is 0.496 e. The predicted octanol–water partition coefficient (Wildman–Crippen LogP) is 4.43. The zero-order valence-corrected chi connectivity index (χ0v) is 25.3. The number of esters is 1. The summed E-state index contributed by atoms with van der Waals surface area (Å²) in [7, 11) is 0.794. The number of rotatable bonds is 9. The Bertz CT molecular complexity index is 1220. The van der Waals surface area contributed by atoms with E-state index >= 15 is 0 Å². The minimum atomic E-state index is -0.976. The highest BCUT2D eigenvalue weighted by molar-refractivity contribution is 6.48. The molecule has 3 N–H and O–H groups in total. The summed E-state index contributed by atoms with van der Waals surface area (Å²) in [6.45, 7) is 12.0. The summed E-state index contributed by atoms with van der Waals surface area (Å²) < 4.78 is 24.7. The van der Waals surface area contributed by atoms with Crippen molar-refractivity contribution in [2.45, 2.75) is 96.5 Å². The SMILES string of the molecule is COc1c(C[C@H](NC(=O)C(N)c2ccccn2)B2OC3CCCC(C(C)C)[C@]3(C)O2)cccc1C(=O)OC(C)(C)C. The van der Waals surface area contributed by atoms with Gasteiger partial charge in [0.25, 0.3) is 0 Å². The summed E-state index contributed by atoms with van der Waals surface area (Å²) in [5.74, 6) is -0.374. The standard InChI is InChI=1S/C31H44BN3O6/c1-19(2)22-14-11-16-24-31(22,6)41-32(40-24)25(35-28(36)26(33)23-15-8-9-17-34-23)18-20-12-10-13-21(27(20)38-7)29(37)39-30(3,4)5/h8-10,12-13,15,17,19,22,24-26H,11,14,16,18,33H2,1-7H3,(H,35,36)/t22?,24?,25-,26?,31-/m0/s1. The molecular weight excluding hydrogens is 521 g/mol. The Hall–Kier alpha value is -2.95. The van der Waals surface area contributed by atoms with E-state index < -0.39 is 42.2 Å². The summed E-state index contributed by atoms with van der Waals surface area (Å²) in [5, 5.41) is 3.09. The predicted molar refractivity (Wildman–Crippen MR) is 157 cm³/mol. The van der Waals surface area contributed by atoms with E-state index in [4.69, 9.17) is 24.5 Å². The molecule has 2 aliphatic rings. The van der Waals surface area contributed by atoms with Gasteiger partial charge in [-0.05, 0) is 82.6 Å². The molecular formula is C31H44BN3O6. The van der Waals surface area contributed by atoms with Crippen molar-refractivity contribution >= 4 is 19.0 Å². The molecule has 1 saturated carbocycles. The lowest BCUT2D eigenvalue weighted by Crippen LogP contribution is -2.52. The Morgan fingerprint density at radius 3 is 2.59 bits per heavy atom. The zero-order valence-electron chi connectivity index (χ0n) is 25.3. The number of carbonyl (C=O) groups is 2. The van der Waals surface area contributed by atoms with Gasteiger partial charge in [0.15, 0.2) is 0 Å². The summed E-state index contributed by atoms with van der Waals surface area (Å²) in [5.41, 5.74) is 6.65. The van der Waals surface area contributed by atoms with E-state index in [0.717, 1.165) is 19.3 Å². The number of hydrogen-bond acceptors (Lipinski definition) is 8. The maximum absolute atomic E-state index is 13.5. The van der Waals surface area contributed by atoms with Crippen LogP contribution < -0.4 is 15.8 Å². The number of hydrogen-bond donors (Lipinski definition) is 2. The van der Waals surface area contributed by atoms with E-state index in [1.807, 2.05) is 26.8 Å². The molecule has 9 nitrogen and oxygen atoms in total. The molecule has 1 aliphatic heterocycles. The van der Waals surface area contributed by atoms with Crippen molar-refractivity contribution in [3.05, 3.63) is 59.4 Å². The average Bonchev–Trinajstić information content (AvgIpc) is 3.28. The van der Waals surface area contributed by atoms with Crippen molar-refractivity contribution in [2.75, 3.05) is 7.11 Å². The molecule has 0 radical (unpaired) electrons. The fourth-order valence-electron chi connectivity index (χ4n) is 6.21. The van der Waals surface area contributed by atoms with E-state index in [0.29, 0.717) is 34.4 Å². The number of aromatic nitrogens is 1. The van der Waals surface area contributed by atoms with E-state index in [9.17, 15) is 9.59 Å². The molecule has 1 aliphatic carbocycles. The molecule has 1 aromatic heterocycles. The monoisotopic (exact) mass is 565 g/mol. The zero-order chi connectivity index (χ0) is 29.9. The first-order valence-corrected chi connectivity index (χ1v) is 14.5. The summed E-state index contributed by atoms with van der Waals surface area (Å²) in [6, 6.07) is 9.63. The normalized spacial score (nSPS) is 24.0. The molecule has 0 spiro atoms. The van der Waals surface area contributed by atoms with Crippen LogP contribution in [0, 0.1) is 11.8 Å². The first-order valence-electron chi connectivity index (χ1n) is 14.5. The van der Waals surface area contributed by atoms with E-state index in [-0.39, 0.29) is 12.5 Å². The van der Waals surface area contributed by atoms with Gasteiger partial charge in [0.05, 0.1) is 30.4 Å². The number of nitrogens with two attached hydrogens (primary N) is 1. The van der Waals surface area contributed by atoms with Crippen molar-refractivity contribution in [3.8, 4) is 5.75 Å². The lowest BCUT2D eigenvalue weighted by Gasteiger charge is -2.44. The van der Waals surface area contributed by atoms with Crippen LogP contribution in [0.3, 0.4) is 0 Å². The molecule has 1 aromatic carbocycles. The number of methoxy groups -OCH3 is 1. The van der Waals surface area contributed by atoms with Gasteiger partial charge in [-0.2, -0.15) is 0 Å². The fourth-order valence-corrected chi connectivity index (χ4v) is 6.21. The number of pyridine rings is 1. The van der Waals surface area contributed by atoms with Crippen LogP contribution in [-0.2, 0) is 25.3 Å². The highest BCUT2D eigenvalue weighted by Gasteiger charge is 2.57. The summed E-state index contributed by atoms with van der Waals surface area (Å²) in [4.78, 5) is 30.7. The first-order chi connectivity index (χ1) is 19.3. The second-order valence-electron chi connectivity index (χ2n) is 12.6. The maximum Gasteiger partial charge on any atom is 0.482 e. The van der Waals surface area contributed by atoms with Crippen LogP contribution >= 0.6 is 0 Å². The van der Waals surface area contributed by atoms with Gasteiger partial charge in [-0.1, -0.05) is 38.5 Å². The number of amides is 1. The number of ether oxygens (including phenoxy) is 2. The quantitative estimate of drug-likeness (QED) is 0.338. The van der Waals surface area contributed by atoms with E-state index in [1.54, 1.807) is 36.5 Å². The van der Waals surface area contributed by atoms with Gasteiger partial charge >= 0.3 is 13.1 Å². The number of para-hydroxylation sites is 1. The van der Waals surface area contributed by atoms with Crippen molar-refractivity contribution in [3.63, 3.8) is 0 Å². The minimum absolute atomic E-state index is 0.0903. The van der Waals surface area contributed by atoms with Crippen LogP contribution in [0.5, 0.6) is 5.75 Å². The van der Waals surface area contributed by atoms with Crippen LogP contribution in [0.4, 0.5) is 0 Å². The Morgan fingerprint density at radius 1 is 1.20 bits per heavy atom. The molecule has 41 heavy (non-hydrogen) atoms. The summed E-state index contributed by atoms with van der Waals surface area (Å²) in [6.07, 6.45) is 4.81. The minimum Gasteiger partial charge on any atom is -0.496 e. The van der Waals surface area contributed by atoms with E-state index in [2.05, 4.69) is 31.1 Å². The van der Waals surface area contributed by atoms with Crippen LogP contribution in [0.1, 0.15) is 88.5 Å². The van der Waals surface area contributed by atoms with Gasteiger partial charge in [-0.25, -0.2) is 4.79 Å². The fraction of sp³-hybridized carbons (Fsp3) is 0.581. The second kappa shape index (κ2) is 12.5. The third-order valence-electron chi connectivity index (χ3n) is 8.13. The van der Waals surface area contributed by atoms with Gasteiger partial charge in [0, 0.05) is 6.20 Å². The molecule has 5 atom stereocenters. The van der Waals surface area contributed by atoms with Gasteiger partial charge in [-0.3, -0.25) is 9.78 Å². The van der Waals surface area contributed by atoms with E-state index in [1.165, 1.54) is 7.11 Å². The smallest absolute Gasteiger partial charge is 0.482 e. The number of benzene rings is 1. The third kappa shape index (κ3) is 6.93. The van der Waals surface area contributed by atoms with Gasteiger partial charge < -0.3 is 29.8 Å². The van der Waals surface area contributed by atoms with Crippen LogP contribution in [-0.4, -0.2) is 54.3 Å². The molecule has 2 aromatic rings. The molecule has 2 fully saturated rings. The molecule has 0 bridgehead atoms. The Balaban J connectivity index is 1.66. The molecule has 10 heteroatoms. The van der Waals surface area contributed by atoms with Crippen LogP contribution in [0.25, 0.3) is 0 Å². The molecule has 4 rings (SSSR count). The highest BCUT2D eigenvalue weighted by Crippen LogP contribution is 2.47. The van der Waals surface area contributed by atoms with Crippen LogP contribution in [0.15, 0.2) is 42.6 Å². The molecule has 222 valence electrons. The second-order valence-corrected chi connectivity index (χ2v) is 12.6. The lowest BCUT2D eigenvalue weighted by atomic mass is 9.69. The number of carbonyl (C=O) groups excluding carboxylic acids is 2. The highest BCUT2D eigenvalue weighted by atomic mass is 16.7. The van der Waals surface area contributed by atoms with Crippen molar-refractivity contribution in [2.24, 2.45) is 17.6 Å². The Kier molecular flexibility index (Phi) is 9.46. The third-order valence-corrected chi connectivity index (χ3v) is 8.13. The topological polar surface area (TPSA) is 122 Å². The lowest BCUT2D eigenvalue weighted by molar-refractivity contribution is -0.123. The van der Waals surface area contributed by atoms with Gasteiger partial charge in [-0.15, -0.1) is 0 Å².